The van der Waals surface area contributed by atoms with Gasteiger partial charge in [-0.2, -0.15) is 0 Å². The molecule has 4 rings (SSSR count). The van der Waals surface area contributed by atoms with Crippen molar-refractivity contribution in [2.24, 2.45) is 0 Å². The molecule has 0 atom stereocenters. The molecule has 146 valence electrons. The van der Waals surface area contributed by atoms with Crippen molar-refractivity contribution in [3.8, 4) is 5.75 Å². The summed E-state index contributed by atoms with van der Waals surface area (Å²) in [5.41, 5.74) is 2.13. The second-order valence-electron chi connectivity index (χ2n) is 6.54. The highest BCUT2D eigenvalue weighted by Gasteiger charge is 2.26. The number of carbonyl (C=O) groups is 2. The Kier molecular flexibility index (Phi) is 5.18. The van der Waals surface area contributed by atoms with Gasteiger partial charge in [0.1, 0.15) is 11.6 Å². The molecule has 0 aromatic heterocycles. The number of hydrogen-bond acceptors (Lipinski definition) is 3. The lowest BCUT2D eigenvalue weighted by molar-refractivity contribution is -0.121. The molecule has 1 aliphatic rings. The van der Waals surface area contributed by atoms with E-state index in [1.165, 1.54) is 18.2 Å². The van der Waals surface area contributed by atoms with Crippen LogP contribution in [0.4, 0.5) is 15.8 Å². The van der Waals surface area contributed by atoms with E-state index in [4.69, 9.17) is 16.3 Å². The minimum atomic E-state index is -0.490. The molecule has 5 nitrogen and oxygen atoms in total. The van der Waals surface area contributed by atoms with Crippen molar-refractivity contribution >= 4 is 34.8 Å². The summed E-state index contributed by atoms with van der Waals surface area (Å²) >= 11 is 5.93. The molecule has 0 saturated carbocycles. The van der Waals surface area contributed by atoms with Crippen LogP contribution in [0, 0.1) is 5.82 Å². The van der Waals surface area contributed by atoms with Gasteiger partial charge in [-0.1, -0.05) is 29.8 Å². The van der Waals surface area contributed by atoms with E-state index < -0.39 is 11.7 Å². The molecule has 0 radical (unpaired) electrons. The Morgan fingerprint density at radius 2 is 1.90 bits per heavy atom. The van der Waals surface area contributed by atoms with Crippen molar-refractivity contribution < 1.29 is 18.7 Å². The summed E-state index contributed by atoms with van der Waals surface area (Å²) < 4.78 is 18.9. The Morgan fingerprint density at radius 1 is 1.10 bits per heavy atom. The molecule has 3 aromatic rings. The largest absolute Gasteiger partial charge is 0.482 e. The highest BCUT2D eigenvalue weighted by Crippen LogP contribution is 2.35. The predicted octanol–water partition coefficient (Wildman–Crippen LogP) is 4.66. The van der Waals surface area contributed by atoms with Crippen molar-refractivity contribution in [1.82, 2.24) is 0 Å². The zero-order valence-corrected chi connectivity index (χ0v) is 15.9. The number of anilines is 2. The van der Waals surface area contributed by atoms with Gasteiger partial charge in [0.2, 0.25) is 0 Å². The number of nitrogens with zero attached hydrogens (tertiary/aromatic N) is 1. The quantitative estimate of drug-likeness (QED) is 0.680. The molecular weight excluding hydrogens is 395 g/mol. The molecule has 0 bridgehead atoms. The first-order valence-corrected chi connectivity index (χ1v) is 9.26. The van der Waals surface area contributed by atoms with Gasteiger partial charge in [0.05, 0.1) is 12.2 Å². The maximum absolute atomic E-state index is 13.4. The molecule has 1 heterocycles. The predicted molar refractivity (Wildman–Crippen MR) is 109 cm³/mol. The van der Waals surface area contributed by atoms with Crippen LogP contribution < -0.4 is 15.0 Å². The normalized spacial score (nSPS) is 12.9. The lowest BCUT2D eigenvalue weighted by Crippen LogP contribution is -2.38. The smallest absolute Gasteiger partial charge is 0.265 e. The number of fused-ring (bicyclic) bond motifs is 1. The second kappa shape index (κ2) is 7.93. The number of amides is 2. The van der Waals surface area contributed by atoms with Crippen LogP contribution in [0.3, 0.4) is 0 Å². The van der Waals surface area contributed by atoms with Gasteiger partial charge >= 0.3 is 0 Å². The van der Waals surface area contributed by atoms with E-state index in [0.29, 0.717) is 28.7 Å². The van der Waals surface area contributed by atoms with Gasteiger partial charge in [-0.25, -0.2) is 4.39 Å². The van der Waals surface area contributed by atoms with Crippen LogP contribution in [0.2, 0.25) is 5.02 Å². The van der Waals surface area contributed by atoms with Gasteiger partial charge in [-0.05, 0) is 54.1 Å². The Balaban J connectivity index is 1.60. The monoisotopic (exact) mass is 410 g/mol. The summed E-state index contributed by atoms with van der Waals surface area (Å²) in [7, 11) is 0. The third-order valence-electron chi connectivity index (χ3n) is 4.50. The van der Waals surface area contributed by atoms with E-state index >= 15 is 0 Å². The molecular formula is C22H16ClFN2O3. The molecule has 1 aliphatic heterocycles. The average molecular weight is 411 g/mol. The Morgan fingerprint density at radius 3 is 2.66 bits per heavy atom. The van der Waals surface area contributed by atoms with Crippen LogP contribution in [-0.2, 0) is 11.3 Å². The van der Waals surface area contributed by atoms with E-state index in [0.717, 1.165) is 11.6 Å². The second-order valence-corrected chi connectivity index (χ2v) is 6.98. The molecule has 29 heavy (non-hydrogen) atoms. The molecule has 3 aromatic carbocycles. The molecule has 0 saturated heterocycles. The third-order valence-corrected chi connectivity index (χ3v) is 4.75. The maximum atomic E-state index is 13.4. The van der Waals surface area contributed by atoms with Gasteiger partial charge < -0.3 is 15.0 Å². The zero-order valence-electron chi connectivity index (χ0n) is 15.2. The molecule has 0 aliphatic carbocycles. The van der Waals surface area contributed by atoms with E-state index in [-0.39, 0.29) is 18.1 Å². The molecule has 2 amide bonds. The molecule has 7 heteroatoms. The lowest BCUT2D eigenvalue weighted by Gasteiger charge is -2.30. The highest BCUT2D eigenvalue weighted by atomic mass is 35.5. The number of carbonyl (C=O) groups excluding carboxylic acids is 2. The van der Waals surface area contributed by atoms with Crippen molar-refractivity contribution in [1.29, 1.82) is 0 Å². The third kappa shape index (κ3) is 4.22. The van der Waals surface area contributed by atoms with Crippen LogP contribution in [0.25, 0.3) is 0 Å². The summed E-state index contributed by atoms with van der Waals surface area (Å²) in [5, 5.41) is 3.34. The molecule has 1 N–H and O–H groups in total. The van der Waals surface area contributed by atoms with E-state index in [9.17, 15) is 14.0 Å². The molecule has 0 fully saturated rings. The molecule has 0 unspecified atom stereocenters. The topological polar surface area (TPSA) is 58.6 Å². The average Bonchev–Trinajstić information content (AvgIpc) is 2.71. The van der Waals surface area contributed by atoms with Crippen molar-refractivity contribution in [3.05, 3.63) is 88.7 Å². The van der Waals surface area contributed by atoms with Crippen LogP contribution in [0.1, 0.15) is 15.9 Å². The maximum Gasteiger partial charge on any atom is 0.265 e. The van der Waals surface area contributed by atoms with Gasteiger partial charge in [0.15, 0.2) is 6.61 Å². The van der Waals surface area contributed by atoms with Gasteiger partial charge in [-0.3, -0.25) is 9.59 Å². The number of benzene rings is 3. The Bertz CT molecular complexity index is 1090. The summed E-state index contributed by atoms with van der Waals surface area (Å²) in [4.78, 5) is 26.5. The Hall–Kier alpha value is -3.38. The number of rotatable bonds is 4. The van der Waals surface area contributed by atoms with Crippen molar-refractivity contribution in [2.75, 3.05) is 16.8 Å². The van der Waals surface area contributed by atoms with E-state index in [1.807, 2.05) is 12.1 Å². The summed E-state index contributed by atoms with van der Waals surface area (Å²) in [6.45, 7) is 0.281. The summed E-state index contributed by atoms with van der Waals surface area (Å²) in [5.74, 6) is -0.587. The number of hydrogen-bond donors (Lipinski definition) is 1. The minimum Gasteiger partial charge on any atom is -0.482 e. The summed E-state index contributed by atoms with van der Waals surface area (Å²) in [6, 6.07) is 17.7. The Labute approximate surface area is 171 Å². The van der Waals surface area contributed by atoms with Crippen LogP contribution in [-0.4, -0.2) is 18.4 Å². The number of ether oxygens (including phenoxy) is 1. The van der Waals surface area contributed by atoms with Crippen molar-refractivity contribution in [2.45, 2.75) is 6.54 Å². The zero-order chi connectivity index (χ0) is 20.4. The number of halogens is 2. The lowest BCUT2D eigenvalue weighted by atomic mass is 10.1. The van der Waals surface area contributed by atoms with Crippen LogP contribution >= 0.6 is 11.6 Å². The first kappa shape index (κ1) is 19.0. The van der Waals surface area contributed by atoms with Crippen LogP contribution in [0.15, 0.2) is 66.7 Å². The fourth-order valence-corrected chi connectivity index (χ4v) is 3.18. The van der Waals surface area contributed by atoms with Crippen LogP contribution in [0.5, 0.6) is 5.75 Å². The first-order valence-electron chi connectivity index (χ1n) is 8.88. The fourth-order valence-electron chi connectivity index (χ4n) is 3.06. The van der Waals surface area contributed by atoms with E-state index in [2.05, 4.69) is 5.32 Å². The minimum absolute atomic E-state index is 0.0599. The van der Waals surface area contributed by atoms with E-state index in [1.54, 1.807) is 35.2 Å². The first-order chi connectivity index (χ1) is 14.0. The number of nitrogens with one attached hydrogen (secondary N) is 1. The SMILES string of the molecule is O=C(Nc1ccc2c(c1)N(Cc1ccc(Cl)cc1)C(=O)CO2)c1cccc(F)c1. The summed E-state index contributed by atoms with van der Waals surface area (Å²) in [6.07, 6.45) is 0. The molecule has 0 spiro atoms. The standard InChI is InChI=1S/C22H16ClFN2O3/c23-16-6-4-14(5-7-16)12-26-19-11-18(8-9-20(19)29-13-21(26)27)25-22(28)15-2-1-3-17(24)10-15/h1-11H,12-13H2,(H,25,28). The fraction of sp³-hybridized carbons (Fsp3) is 0.0909. The van der Waals surface area contributed by atoms with Gasteiger partial charge in [0.25, 0.3) is 11.8 Å². The van der Waals surface area contributed by atoms with Gasteiger partial charge in [-0.15, -0.1) is 0 Å². The van der Waals surface area contributed by atoms with Crippen molar-refractivity contribution in [3.63, 3.8) is 0 Å². The van der Waals surface area contributed by atoms with Gasteiger partial charge in [0, 0.05) is 16.3 Å². The highest BCUT2D eigenvalue weighted by molar-refractivity contribution is 6.30.